The Morgan fingerprint density at radius 3 is 2.57 bits per heavy atom. The molecule has 7 heteroatoms. The van der Waals surface area contributed by atoms with Gasteiger partial charge >= 0.3 is 0 Å². The molecule has 1 aromatic rings. The van der Waals surface area contributed by atoms with E-state index in [0.717, 1.165) is 0 Å². The van der Waals surface area contributed by atoms with Crippen LogP contribution in [0.1, 0.15) is 18.1 Å². The molecule has 0 spiro atoms. The fourth-order valence-electron chi connectivity index (χ4n) is 2.01. The third-order valence-electron chi connectivity index (χ3n) is 2.81. The van der Waals surface area contributed by atoms with E-state index >= 15 is 0 Å². The van der Waals surface area contributed by atoms with E-state index in [1.807, 2.05) is 6.07 Å². The molecular weight excluding hydrogens is 290 g/mol. The zero-order chi connectivity index (χ0) is 16.1. The van der Waals surface area contributed by atoms with Crippen LogP contribution in [0.2, 0.25) is 0 Å². The second-order valence-corrected chi connectivity index (χ2v) is 7.39. The van der Waals surface area contributed by atoms with Crippen LogP contribution >= 0.6 is 0 Å². The maximum absolute atomic E-state index is 12.1. The lowest BCUT2D eigenvalue weighted by Crippen LogP contribution is -2.47. The summed E-state index contributed by atoms with van der Waals surface area (Å²) >= 11 is 0. The van der Waals surface area contributed by atoms with Gasteiger partial charge in [0.1, 0.15) is 0 Å². The second-order valence-electron chi connectivity index (χ2n) is 5.58. The highest BCUT2D eigenvalue weighted by Gasteiger charge is 2.24. The van der Waals surface area contributed by atoms with Crippen LogP contribution in [-0.4, -0.2) is 51.2 Å². The van der Waals surface area contributed by atoms with Crippen LogP contribution in [0, 0.1) is 11.3 Å². The summed E-state index contributed by atoms with van der Waals surface area (Å²) in [6.45, 7) is 1.82. The van der Waals surface area contributed by atoms with Crippen molar-refractivity contribution in [3.63, 3.8) is 0 Å². The van der Waals surface area contributed by atoms with Crippen molar-refractivity contribution in [1.82, 2.24) is 9.62 Å². The number of nitrogens with zero attached hydrogens (tertiary/aromatic N) is 2. The highest BCUT2D eigenvalue weighted by Crippen LogP contribution is 2.11. The Kier molecular flexibility index (Phi) is 5.87. The molecule has 1 unspecified atom stereocenters. The van der Waals surface area contributed by atoms with Crippen molar-refractivity contribution in [2.45, 2.75) is 18.3 Å². The fourth-order valence-corrected chi connectivity index (χ4v) is 3.31. The van der Waals surface area contributed by atoms with Crippen molar-refractivity contribution >= 4 is 10.0 Å². The Morgan fingerprint density at radius 1 is 1.38 bits per heavy atom. The zero-order valence-electron chi connectivity index (χ0n) is 12.5. The van der Waals surface area contributed by atoms with Crippen LogP contribution < -0.4 is 4.72 Å². The molecular formula is C14H21N3O3S. The molecule has 0 aliphatic carbocycles. The quantitative estimate of drug-likeness (QED) is 0.755. The molecule has 21 heavy (non-hydrogen) atoms. The summed E-state index contributed by atoms with van der Waals surface area (Å²) in [6, 6.07) is 8.52. The Hall–Kier alpha value is -1.46. The summed E-state index contributed by atoms with van der Waals surface area (Å²) in [5.41, 5.74) is -0.381. The summed E-state index contributed by atoms with van der Waals surface area (Å²) in [7, 11) is -0.0203. The first-order valence-electron chi connectivity index (χ1n) is 6.48. The Balaban J connectivity index is 2.73. The van der Waals surface area contributed by atoms with Gasteiger partial charge in [-0.1, -0.05) is 18.2 Å². The zero-order valence-corrected chi connectivity index (χ0v) is 13.3. The van der Waals surface area contributed by atoms with E-state index in [9.17, 15) is 13.5 Å². The maximum atomic E-state index is 12.1. The summed E-state index contributed by atoms with van der Waals surface area (Å²) in [5.74, 6) is -0.283. The molecule has 0 radical (unpaired) electrons. The molecule has 0 aliphatic heterocycles. The third-order valence-corrected chi connectivity index (χ3v) is 4.09. The number of hydrogen-bond donors (Lipinski definition) is 2. The monoisotopic (exact) mass is 311 g/mol. The van der Waals surface area contributed by atoms with Crippen LogP contribution in [0.15, 0.2) is 24.3 Å². The van der Waals surface area contributed by atoms with Crippen molar-refractivity contribution in [3.8, 4) is 6.07 Å². The minimum atomic E-state index is -3.62. The first-order valence-corrected chi connectivity index (χ1v) is 8.13. The van der Waals surface area contributed by atoms with Gasteiger partial charge in [-0.3, -0.25) is 0 Å². The van der Waals surface area contributed by atoms with Gasteiger partial charge in [0, 0.05) is 13.1 Å². The largest absolute Gasteiger partial charge is 0.387 e. The molecule has 6 nitrogen and oxygen atoms in total. The SMILES string of the molecule is CN(C)CC(C)(O)CNS(=O)(=O)Cc1ccccc1C#N. The number of likely N-dealkylation sites (N-methyl/N-ethyl adjacent to an activating group) is 1. The summed E-state index contributed by atoms with van der Waals surface area (Å²) in [5, 5.41) is 19.1. The maximum Gasteiger partial charge on any atom is 0.215 e. The third kappa shape index (κ3) is 6.23. The van der Waals surface area contributed by atoms with Crippen LogP contribution in [-0.2, 0) is 15.8 Å². The van der Waals surface area contributed by atoms with Crippen molar-refractivity contribution in [2.24, 2.45) is 0 Å². The van der Waals surface area contributed by atoms with Crippen LogP contribution in [0.4, 0.5) is 0 Å². The molecule has 1 aromatic carbocycles. The minimum absolute atomic E-state index is 0.0811. The number of aliphatic hydroxyl groups is 1. The average Bonchev–Trinajstić information content (AvgIpc) is 2.35. The summed E-state index contributed by atoms with van der Waals surface area (Å²) in [4.78, 5) is 1.78. The average molecular weight is 311 g/mol. The Bertz CT molecular complexity index is 619. The highest BCUT2D eigenvalue weighted by molar-refractivity contribution is 7.88. The number of nitriles is 1. The van der Waals surface area contributed by atoms with E-state index in [2.05, 4.69) is 4.72 Å². The minimum Gasteiger partial charge on any atom is -0.387 e. The fraction of sp³-hybridized carbons (Fsp3) is 0.500. The summed E-state index contributed by atoms with van der Waals surface area (Å²) < 4.78 is 26.5. The van der Waals surface area contributed by atoms with Crippen molar-refractivity contribution < 1.29 is 13.5 Å². The van der Waals surface area contributed by atoms with Gasteiger partial charge in [0.2, 0.25) is 10.0 Å². The first kappa shape index (κ1) is 17.6. The molecule has 0 fully saturated rings. The molecule has 116 valence electrons. The molecule has 1 atom stereocenters. The smallest absolute Gasteiger partial charge is 0.215 e. The molecule has 1 rings (SSSR count). The number of rotatable bonds is 7. The van der Waals surface area contributed by atoms with Gasteiger partial charge in [-0.05, 0) is 32.6 Å². The Labute approximate surface area is 126 Å². The molecule has 0 aromatic heterocycles. The van der Waals surface area contributed by atoms with E-state index in [1.54, 1.807) is 50.2 Å². The number of nitrogens with one attached hydrogen (secondary N) is 1. The lowest BCUT2D eigenvalue weighted by Gasteiger charge is -2.27. The first-order chi connectivity index (χ1) is 9.65. The van der Waals surface area contributed by atoms with Crippen LogP contribution in [0.25, 0.3) is 0 Å². The van der Waals surface area contributed by atoms with E-state index in [0.29, 0.717) is 17.7 Å². The number of sulfonamides is 1. The van der Waals surface area contributed by atoms with Crippen molar-refractivity contribution in [3.05, 3.63) is 35.4 Å². The molecule has 0 heterocycles. The van der Waals surface area contributed by atoms with E-state index < -0.39 is 15.6 Å². The predicted octanol–water partition coefficient (Wildman–Crippen LogP) is 0.290. The van der Waals surface area contributed by atoms with Crippen LogP contribution in [0.5, 0.6) is 0 Å². The van der Waals surface area contributed by atoms with Crippen molar-refractivity contribution in [2.75, 3.05) is 27.2 Å². The van der Waals surface area contributed by atoms with Crippen LogP contribution in [0.3, 0.4) is 0 Å². The van der Waals surface area contributed by atoms with Gasteiger partial charge in [0.15, 0.2) is 0 Å². The van der Waals surface area contributed by atoms with Crippen molar-refractivity contribution in [1.29, 1.82) is 5.26 Å². The molecule has 2 N–H and O–H groups in total. The van der Waals surface area contributed by atoms with Gasteiger partial charge < -0.3 is 10.0 Å². The summed E-state index contributed by atoms with van der Waals surface area (Å²) in [6.07, 6.45) is 0. The van der Waals surface area contributed by atoms with Gasteiger partial charge in [-0.2, -0.15) is 5.26 Å². The molecule has 0 saturated heterocycles. The Morgan fingerprint density at radius 2 is 2.00 bits per heavy atom. The van der Waals surface area contributed by atoms with Gasteiger partial charge in [0.25, 0.3) is 0 Å². The second kappa shape index (κ2) is 7.00. The molecule has 0 bridgehead atoms. The number of benzene rings is 1. The topological polar surface area (TPSA) is 93.4 Å². The standard InChI is InChI=1S/C14H21N3O3S/c1-14(18,11-17(2)3)10-16-21(19,20)9-13-7-5-4-6-12(13)8-15/h4-7,16,18H,9-11H2,1-3H3. The molecule has 0 aliphatic rings. The van der Waals surface area contributed by atoms with Gasteiger partial charge in [-0.15, -0.1) is 0 Å². The molecule has 0 saturated carbocycles. The molecule has 0 amide bonds. The van der Waals surface area contributed by atoms with Gasteiger partial charge in [0.05, 0.1) is 23.0 Å². The van der Waals surface area contributed by atoms with E-state index in [1.165, 1.54) is 0 Å². The highest BCUT2D eigenvalue weighted by atomic mass is 32.2. The lowest BCUT2D eigenvalue weighted by atomic mass is 10.1. The normalized spacial score (nSPS) is 14.7. The predicted molar refractivity (Wildman–Crippen MR) is 81.0 cm³/mol. The van der Waals surface area contributed by atoms with E-state index in [-0.39, 0.29) is 12.3 Å². The lowest BCUT2D eigenvalue weighted by molar-refractivity contribution is 0.0386. The van der Waals surface area contributed by atoms with E-state index in [4.69, 9.17) is 5.26 Å². The van der Waals surface area contributed by atoms with Gasteiger partial charge in [-0.25, -0.2) is 13.1 Å². The number of hydrogen-bond acceptors (Lipinski definition) is 5.